The molecule has 0 bridgehead atoms. The average molecular weight is 448 g/mol. The molecule has 3 aromatic rings. The molecule has 1 saturated carbocycles. The molecular weight excluding hydrogens is 414 g/mol. The Morgan fingerprint density at radius 2 is 1.97 bits per heavy atom. The van der Waals surface area contributed by atoms with E-state index in [4.69, 9.17) is 10.5 Å². The molecule has 7 nitrogen and oxygen atoms in total. The number of fused-ring (bicyclic) bond motifs is 1. The van der Waals surface area contributed by atoms with Gasteiger partial charge in [0.25, 0.3) is 0 Å². The number of carbonyl (C=O) groups is 1. The van der Waals surface area contributed by atoms with Crippen LogP contribution in [0.2, 0.25) is 0 Å². The fourth-order valence-electron chi connectivity index (χ4n) is 4.03. The molecule has 1 aliphatic carbocycles. The summed E-state index contributed by atoms with van der Waals surface area (Å²) in [6, 6.07) is 12.9. The number of aromatic nitrogens is 1. The summed E-state index contributed by atoms with van der Waals surface area (Å²) in [5, 5.41) is 11.5. The molecule has 0 radical (unpaired) electrons. The highest BCUT2D eigenvalue weighted by atomic mass is 16.5. The highest BCUT2D eigenvalue weighted by Crippen LogP contribution is 2.36. The number of carbonyl (C=O) groups excluding carboxylic acids is 1. The van der Waals surface area contributed by atoms with E-state index < -0.39 is 5.91 Å². The van der Waals surface area contributed by atoms with Crippen molar-refractivity contribution in [1.82, 2.24) is 10.3 Å². The summed E-state index contributed by atoms with van der Waals surface area (Å²) in [7, 11) is 1.67. The first-order valence-corrected chi connectivity index (χ1v) is 11.7. The molecule has 1 amide bonds. The number of methoxy groups -OCH3 is 1. The molecule has 1 fully saturated rings. The second-order valence-electron chi connectivity index (χ2n) is 8.52. The summed E-state index contributed by atoms with van der Waals surface area (Å²) < 4.78 is 5.64. The topological polar surface area (TPSA) is 101 Å². The Hall–Kier alpha value is -3.32. The molecule has 5 N–H and O–H groups in total. The summed E-state index contributed by atoms with van der Waals surface area (Å²) in [5.41, 5.74) is 11.1. The van der Waals surface area contributed by atoms with Crippen molar-refractivity contribution in [2.24, 2.45) is 5.73 Å². The van der Waals surface area contributed by atoms with Gasteiger partial charge in [0.2, 0.25) is 5.91 Å². The first kappa shape index (κ1) is 22.9. The van der Waals surface area contributed by atoms with E-state index in [1.54, 1.807) is 13.3 Å². The quantitative estimate of drug-likeness (QED) is 0.312. The molecule has 0 aliphatic heterocycles. The maximum atomic E-state index is 11.8. The van der Waals surface area contributed by atoms with E-state index >= 15 is 0 Å². The third-order valence-corrected chi connectivity index (χ3v) is 5.97. The third kappa shape index (κ3) is 5.73. The van der Waals surface area contributed by atoms with Crippen LogP contribution in [0.3, 0.4) is 0 Å². The van der Waals surface area contributed by atoms with Gasteiger partial charge < -0.3 is 26.4 Å². The molecule has 2 aromatic carbocycles. The van der Waals surface area contributed by atoms with E-state index in [1.807, 2.05) is 18.2 Å². The largest absolute Gasteiger partial charge is 0.495 e. The van der Waals surface area contributed by atoms with Crippen molar-refractivity contribution in [3.05, 3.63) is 53.7 Å². The number of ether oxygens (including phenoxy) is 1. The van der Waals surface area contributed by atoms with E-state index in [0.29, 0.717) is 0 Å². The van der Waals surface area contributed by atoms with Gasteiger partial charge in [0.15, 0.2) is 0 Å². The van der Waals surface area contributed by atoms with Crippen LogP contribution in [0.4, 0.5) is 17.1 Å². The van der Waals surface area contributed by atoms with E-state index in [-0.39, 0.29) is 6.42 Å². The van der Waals surface area contributed by atoms with Crippen LogP contribution in [0, 0.1) is 0 Å². The summed E-state index contributed by atoms with van der Waals surface area (Å²) in [6.07, 6.45) is 6.34. The Morgan fingerprint density at radius 1 is 1.15 bits per heavy atom. The molecule has 0 unspecified atom stereocenters. The van der Waals surface area contributed by atoms with Crippen molar-refractivity contribution in [1.29, 1.82) is 0 Å². The van der Waals surface area contributed by atoms with Gasteiger partial charge in [-0.3, -0.25) is 9.78 Å². The predicted octanol–water partition coefficient (Wildman–Crippen LogP) is 4.13. The smallest absolute Gasteiger partial charge is 0.221 e. The number of nitrogens with two attached hydrogens (primary N) is 1. The van der Waals surface area contributed by atoms with Crippen molar-refractivity contribution in [2.45, 2.75) is 45.1 Å². The molecule has 4 rings (SSSR count). The molecular formula is C26H33N5O2. The predicted molar refractivity (Wildman–Crippen MR) is 134 cm³/mol. The molecule has 1 aliphatic rings. The number of para-hydroxylation sites is 1. The number of amides is 1. The van der Waals surface area contributed by atoms with Crippen molar-refractivity contribution in [3.8, 4) is 5.75 Å². The van der Waals surface area contributed by atoms with Crippen LogP contribution in [-0.2, 0) is 17.6 Å². The van der Waals surface area contributed by atoms with Crippen LogP contribution in [0.15, 0.2) is 42.6 Å². The van der Waals surface area contributed by atoms with Gasteiger partial charge in [0, 0.05) is 41.5 Å². The Balaban J connectivity index is 1.68. The fourth-order valence-corrected chi connectivity index (χ4v) is 4.03. The van der Waals surface area contributed by atoms with Gasteiger partial charge in [-0.05, 0) is 49.9 Å². The van der Waals surface area contributed by atoms with Gasteiger partial charge in [-0.15, -0.1) is 0 Å². The number of rotatable bonds is 12. The molecule has 0 atom stereocenters. The van der Waals surface area contributed by atoms with Gasteiger partial charge in [-0.1, -0.05) is 25.1 Å². The molecule has 0 spiro atoms. The molecule has 0 saturated heterocycles. The number of nitrogens with one attached hydrogen (secondary N) is 3. The monoisotopic (exact) mass is 447 g/mol. The van der Waals surface area contributed by atoms with Crippen LogP contribution < -0.4 is 26.4 Å². The van der Waals surface area contributed by atoms with Crippen LogP contribution in [0.25, 0.3) is 10.9 Å². The second kappa shape index (κ2) is 10.5. The molecule has 1 heterocycles. The number of benzene rings is 2. The minimum absolute atomic E-state index is 0.112. The second-order valence-corrected chi connectivity index (χ2v) is 8.52. The maximum Gasteiger partial charge on any atom is 0.221 e. The highest BCUT2D eigenvalue weighted by molar-refractivity contribution is 5.99. The number of anilines is 3. The van der Waals surface area contributed by atoms with Crippen molar-refractivity contribution >= 4 is 33.9 Å². The molecule has 33 heavy (non-hydrogen) atoms. The maximum absolute atomic E-state index is 11.8. The lowest BCUT2D eigenvalue weighted by molar-refractivity contribution is -0.117. The van der Waals surface area contributed by atoms with Crippen molar-refractivity contribution in [3.63, 3.8) is 0 Å². The van der Waals surface area contributed by atoms with E-state index in [0.717, 1.165) is 71.3 Å². The Kier molecular flexibility index (Phi) is 7.29. The molecule has 174 valence electrons. The summed E-state index contributed by atoms with van der Waals surface area (Å²) >= 11 is 0. The lowest BCUT2D eigenvalue weighted by atomic mass is 10.0. The number of aryl methyl sites for hydroxylation is 1. The van der Waals surface area contributed by atoms with Crippen LogP contribution in [0.5, 0.6) is 5.75 Å². The number of hydrogen-bond acceptors (Lipinski definition) is 6. The minimum Gasteiger partial charge on any atom is -0.495 e. The first-order chi connectivity index (χ1) is 16.1. The Labute approximate surface area is 195 Å². The van der Waals surface area contributed by atoms with Gasteiger partial charge >= 0.3 is 0 Å². The zero-order valence-electron chi connectivity index (χ0n) is 19.4. The Morgan fingerprint density at radius 3 is 2.70 bits per heavy atom. The number of hydrogen-bond donors (Lipinski definition) is 4. The normalized spacial score (nSPS) is 13.2. The fraction of sp³-hybridized carbons (Fsp3) is 0.385. The van der Waals surface area contributed by atoms with E-state index in [1.165, 1.54) is 18.4 Å². The van der Waals surface area contributed by atoms with E-state index in [9.17, 15) is 4.79 Å². The van der Waals surface area contributed by atoms with Gasteiger partial charge in [0.05, 0.1) is 30.4 Å². The standard InChI is InChI=1S/C26H33N5O2/c1-3-17-7-4-5-8-21(17)31-26-18(13-25(27)32)16-30-22-15-24(33-2)23(14-20(22)26)29-12-6-11-28-19-9-10-19/h4-5,7-8,14-16,19,28-29H,3,6,9-13H2,1-2H3,(H2,27,32)(H,30,31). The van der Waals surface area contributed by atoms with Crippen molar-refractivity contribution < 1.29 is 9.53 Å². The summed E-state index contributed by atoms with van der Waals surface area (Å²) in [5.74, 6) is 0.353. The average Bonchev–Trinajstić information content (AvgIpc) is 3.64. The van der Waals surface area contributed by atoms with Crippen LogP contribution >= 0.6 is 0 Å². The lowest BCUT2D eigenvalue weighted by Crippen LogP contribution is -2.20. The number of primary amides is 1. The minimum atomic E-state index is -0.391. The highest BCUT2D eigenvalue weighted by Gasteiger charge is 2.19. The van der Waals surface area contributed by atoms with Crippen LogP contribution in [0.1, 0.15) is 37.3 Å². The van der Waals surface area contributed by atoms with Crippen LogP contribution in [-0.4, -0.2) is 37.1 Å². The van der Waals surface area contributed by atoms with Gasteiger partial charge in [-0.2, -0.15) is 0 Å². The van der Waals surface area contributed by atoms with Gasteiger partial charge in [0.1, 0.15) is 5.75 Å². The zero-order chi connectivity index (χ0) is 23.2. The van der Waals surface area contributed by atoms with Crippen molar-refractivity contribution in [2.75, 3.05) is 30.8 Å². The zero-order valence-corrected chi connectivity index (χ0v) is 19.4. The molecule has 1 aromatic heterocycles. The number of nitrogens with zero attached hydrogens (tertiary/aromatic N) is 1. The molecule has 7 heteroatoms. The summed E-state index contributed by atoms with van der Waals surface area (Å²) in [4.78, 5) is 16.4. The summed E-state index contributed by atoms with van der Waals surface area (Å²) in [6.45, 7) is 3.95. The Bertz CT molecular complexity index is 1130. The third-order valence-electron chi connectivity index (χ3n) is 5.97. The SMILES string of the molecule is CCc1ccccc1Nc1c(CC(N)=O)cnc2cc(OC)c(NCCCNC3CC3)cc12. The number of pyridine rings is 1. The first-order valence-electron chi connectivity index (χ1n) is 11.7. The van der Waals surface area contributed by atoms with Gasteiger partial charge in [-0.25, -0.2) is 0 Å². The van der Waals surface area contributed by atoms with E-state index in [2.05, 4.69) is 46.1 Å². The lowest BCUT2D eigenvalue weighted by Gasteiger charge is -2.19.